The van der Waals surface area contributed by atoms with Gasteiger partial charge in [-0.25, -0.2) is 8.42 Å². The van der Waals surface area contributed by atoms with E-state index in [4.69, 9.17) is 9.47 Å². The molecular weight excluding hydrogens is 386 g/mol. The number of carbonyl (C=O) groups excluding carboxylic acids is 2. The Kier molecular flexibility index (Phi) is 7.39. The van der Waals surface area contributed by atoms with Gasteiger partial charge < -0.3 is 20.1 Å². The molecule has 1 atom stereocenters. The molecule has 0 unspecified atom stereocenters. The number of sulfonamides is 1. The summed E-state index contributed by atoms with van der Waals surface area (Å²) in [4.78, 5) is 23.7. The fourth-order valence-electron chi connectivity index (χ4n) is 2.84. The lowest BCUT2D eigenvalue weighted by atomic mass is 10.2. The molecule has 1 aliphatic rings. The van der Waals surface area contributed by atoms with Crippen LogP contribution in [0.1, 0.15) is 25.8 Å². The smallest absolute Gasteiger partial charge is 0.309 e. The number of nitrogens with one attached hydrogen (secondary N) is 2. The van der Waals surface area contributed by atoms with Gasteiger partial charge >= 0.3 is 11.8 Å². The summed E-state index contributed by atoms with van der Waals surface area (Å²) in [5, 5.41) is 4.92. The fraction of sp³-hybridized carbons (Fsp3) is 0.556. The van der Waals surface area contributed by atoms with Gasteiger partial charge in [-0.3, -0.25) is 9.59 Å². The number of hydrogen-bond donors (Lipinski definition) is 2. The van der Waals surface area contributed by atoms with E-state index in [1.165, 1.54) is 23.5 Å². The van der Waals surface area contributed by atoms with Gasteiger partial charge in [0.05, 0.1) is 25.2 Å². The summed E-state index contributed by atoms with van der Waals surface area (Å²) >= 11 is 0. The lowest BCUT2D eigenvalue weighted by molar-refractivity contribution is -0.140. The van der Waals surface area contributed by atoms with Crippen molar-refractivity contribution in [3.63, 3.8) is 0 Å². The van der Waals surface area contributed by atoms with Crippen molar-refractivity contribution in [1.82, 2.24) is 14.9 Å². The molecule has 2 amide bonds. The Morgan fingerprint density at radius 3 is 2.64 bits per heavy atom. The molecule has 1 heterocycles. The minimum absolute atomic E-state index is 0.116. The molecule has 0 spiro atoms. The van der Waals surface area contributed by atoms with Gasteiger partial charge in [0.15, 0.2) is 0 Å². The van der Waals surface area contributed by atoms with Crippen LogP contribution in [0.15, 0.2) is 23.1 Å². The standard InChI is InChI=1S/C18H27N3O6S/c1-12(2)20-18(23)17(22)19-11-16-21(8-5-9-27-16)28(24,25)14-6-7-15(26-4)13(3)10-14/h6-7,10,12,16H,5,8-9,11H2,1-4H3,(H,19,22)(H,20,23)/t16-/m0/s1. The van der Waals surface area contributed by atoms with Gasteiger partial charge in [-0.05, 0) is 51.0 Å². The topological polar surface area (TPSA) is 114 Å². The Hall–Kier alpha value is -2.17. The highest BCUT2D eigenvalue weighted by Crippen LogP contribution is 2.26. The number of nitrogens with zero attached hydrogens (tertiary/aromatic N) is 1. The van der Waals surface area contributed by atoms with Gasteiger partial charge in [-0.15, -0.1) is 0 Å². The first-order chi connectivity index (χ1) is 13.2. The average molecular weight is 413 g/mol. The minimum Gasteiger partial charge on any atom is -0.496 e. The third kappa shape index (κ3) is 5.21. The quantitative estimate of drug-likeness (QED) is 0.652. The van der Waals surface area contributed by atoms with Crippen molar-refractivity contribution < 1.29 is 27.5 Å². The van der Waals surface area contributed by atoms with Crippen molar-refractivity contribution >= 4 is 21.8 Å². The van der Waals surface area contributed by atoms with Gasteiger partial charge in [0, 0.05) is 12.6 Å². The van der Waals surface area contributed by atoms with Crippen molar-refractivity contribution in [1.29, 1.82) is 0 Å². The van der Waals surface area contributed by atoms with E-state index < -0.39 is 28.1 Å². The monoisotopic (exact) mass is 413 g/mol. The molecule has 2 N–H and O–H groups in total. The molecule has 28 heavy (non-hydrogen) atoms. The number of carbonyl (C=O) groups is 2. The Balaban J connectivity index is 2.14. The van der Waals surface area contributed by atoms with Gasteiger partial charge in [0.25, 0.3) is 0 Å². The highest BCUT2D eigenvalue weighted by atomic mass is 32.2. The van der Waals surface area contributed by atoms with E-state index in [0.29, 0.717) is 24.3 Å². The van der Waals surface area contributed by atoms with Crippen molar-refractivity contribution in [2.45, 2.75) is 44.4 Å². The van der Waals surface area contributed by atoms with Gasteiger partial charge in [-0.1, -0.05) is 0 Å². The molecule has 156 valence electrons. The Morgan fingerprint density at radius 2 is 2.04 bits per heavy atom. The molecule has 10 heteroatoms. The second-order valence-electron chi connectivity index (χ2n) is 6.76. The van der Waals surface area contributed by atoms with Gasteiger partial charge in [-0.2, -0.15) is 4.31 Å². The summed E-state index contributed by atoms with van der Waals surface area (Å²) in [6, 6.07) is 4.43. The third-order valence-electron chi connectivity index (χ3n) is 4.19. The normalized spacial score (nSPS) is 18.0. The maximum Gasteiger partial charge on any atom is 0.309 e. The maximum atomic E-state index is 13.1. The molecule has 9 nitrogen and oxygen atoms in total. The lowest BCUT2D eigenvalue weighted by Crippen LogP contribution is -2.53. The first-order valence-electron chi connectivity index (χ1n) is 9.03. The molecule has 1 aliphatic heterocycles. The molecule has 0 saturated carbocycles. The largest absolute Gasteiger partial charge is 0.496 e. The molecule has 1 aromatic rings. The van der Waals surface area contributed by atoms with E-state index in [1.54, 1.807) is 26.8 Å². The van der Waals surface area contributed by atoms with Crippen LogP contribution < -0.4 is 15.4 Å². The number of benzene rings is 1. The molecule has 1 saturated heterocycles. The van der Waals surface area contributed by atoms with Crippen LogP contribution in [0.25, 0.3) is 0 Å². The fourth-order valence-corrected chi connectivity index (χ4v) is 4.49. The molecule has 0 bridgehead atoms. The molecule has 1 aromatic carbocycles. The Morgan fingerprint density at radius 1 is 1.32 bits per heavy atom. The summed E-state index contributed by atoms with van der Waals surface area (Å²) < 4.78 is 38.1. The summed E-state index contributed by atoms with van der Waals surface area (Å²) in [5.74, 6) is -1.01. The van der Waals surface area contributed by atoms with Crippen LogP contribution in [-0.2, 0) is 24.3 Å². The molecule has 0 aromatic heterocycles. The van der Waals surface area contributed by atoms with Gasteiger partial charge in [0.1, 0.15) is 12.0 Å². The highest BCUT2D eigenvalue weighted by Gasteiger charge is 2.35. The minimum atomic E-state index is -3.84. The van der Waals surface area contributed by atoms with Crippen LogP contribution in [0, 0.1) is 6.92 Å². The van der Waals surface area contributed by atoms with Crippen LogP contribution in [0.3, 0.4) is 0 Å². The van der Waals surface area contributed by atoms with Crippen LogP contribution >= 0.6 is 0 Å². The van der Waals surface area contributed by atoms with Crippen LogP contribution in [0.2, 0.25) is 0 Å². The predicted molar refractivity (Wildman–Crippen MR) is 102 cm³/mol. The number of amides is 2. The highest BCUT2D eigenvalue weighted by molar-refractivity contribution is 7.89. The number of aryl methyl sites for hydroxylation is 1. The summed E-state index contributed by atoms with van der Waals surface area (Å²) in [5.41, 5.74) is 0.691. The zero-order chi connectivity index (χ0) is 20.9. The molecule has 1 fully saturated rings. The maximum absolute atomic E-state index is 13.1. The number of hydrogen-bond acceptors (Lipinski definition) is 6. The zero-order valence-corrected chi connectivity index (χ0v) is 17.3. The van der Waals surface area contributed by atoms with Crippen molar-refractivity contribution in [3.8, 4) is 5.75 Å². The molecule has 0 aliphatic carbocycles. The van der Waals surface area contributed by atoms with Crippen LogP contribution in [0.4, 0.5) is 0 Å². The second kappa shape index (κ2) is 9.35. The SMILES string of the molecule is COc1ccc(S(=O)(=O)N2CCCO[C@H]2CNC(=O)C(=O)NC(C)C)cc1C. The lowest BCUT2D eigenvalue weighted by Gasteiger charge is -2.34. The van der Waals surface area contributed by atoms with E-state index >= 15 is 0 Å². The summed E-state index contributed by atoms with van der Waals surface area (Å²) in [7, 11) is -2.33. The first kappa shape index (κ1) is 22.1. The third-order valence-corrected chi connectivity index (χ3v) is 6.08. The van der Waals surface area contributed by atoms with E-state index in [1.807, 2.05) is 0 Å². The molecule has 0 radical (unpaired) electrons. The van der Waals surface area contributed by atoms with E-state index in [2.05, 4.69) is 10.6 Å². The van der Waals surface area contributed by atoms with Crippen molar-refractivity contribution in [3.05, 3.63) is 23.8 Å². The zero-order valence-electron chi connectivity index (χ0n) is 16.5. The second-order valence-corrected chi connectivity index (χ2v) is 8.65. The summed E-state index contributed by atoms with van der Waals surface area (Å²) in [6.07, 6.45) is -0.357. The Labute approximate surface area is 165 Å². The van der Waals surface area contributed by atoms with E-state index in [0.717, 1.165) is 0 Å². The predicted octanol–water partition coefficient (Wildman–Crippen LogP) is 0.382. The number of rotatable bonds is 6. The molecule has 2 rings (SSSR count). The first-order valence-corrected chi connectivity index (χ1v) is 10.5. The number of methoxy groups -OCH3 is 1. The van der Waals surface area contributed by atoms with E-state index in [9.17, 15) is 18.0 Å². The average Bonchev–Trinajstić information content (AvgIpc) is 2.65. The van der Waals surface area contributed by atoms with Gasteiger partial charge in [0.2, 0.25) is 10.0 Å². The Bertz CT molecular complexity index is 825. The van der Waals surface area contributed by atoms with Crippen LogP contribution in [-0.4, -0.2) is 63.6 Å². The van der Waals surface area contributed by atoms with Crippen molar-refractivity contribution in [2.75, 3.05) is 26.8 Å². The van der Waals surface area contributed by atoms with Crippen LogP contribution in [0.5, 0.6) is 5.75 Å². The van der Waals surface area contributed by atoms with Crippen molar-refractivity contribution in [2.24, 2.45) is 0 Å². The number of ether oxygens (including phenoxy) is 2. The van der Waals surface area contributed by atoms with E-state index in [-0.39, 0.29) is 24.0 Å². The molecular formula is C18H27N3O6S. The summed E-state index contributed by atoms with van der Waals surface area (Å²) in [6.45, 7) is 5.73.